The number of hydrogen-bond acceptors (Lipinski definition) is 6. The fourth-order valence-corrected chi connectivity index (χ4v) is 4.62. The van der Waals surface area contributed by atoms with E-state index in [0.29, 0.717) is 21.9 Å². The van der Waals surface area contributed by atoms with Crippen molar-refractivity contribution >= 4 is 56.1 Å². The number of carbonyl (C=O) groups excluding carboxylic acids is 3. The Kier molecular flexibility index (Phi) is 7.59. The van der Waals surface area contributed by atoms with Gasteiger partial charge < -0.3 is 16.0 Å². The highest BCUT2D eigenvalue weighted by Gasteiger charge is 2.22. The fourth-order valence-electron chi connectivity index (χ4n) is 2.80. The highest BCUT2D eigenvalue weighted by atomic mass is 32.2. The summed E-state index contributed by atoms with van der Waals surface area (Å²) < 4.78 is 27.5. The molecule has 0 fully saturated rings. The summed E-state index contributed by atoms with van der Waals surface area (Å²) in [5.41, 5.74) is 1.34. The van der Waals surface area contributed by atoms with Gasteiger partial charge in [-0.25, -0.2) is 8.42 Å². The summed E-state index contributed by atoms with van der Waals surface area (Å²) in [7, 11) is -3.97. The predicted molar refractivity (Wildman–Crippen MR) is 128 cm³/mol. The molecule has 2 aromatic carbocycles. The van der Waals surface area contributed by atoms with Crippen LogP contribution in [0.3, 0.4) is 0 Å². The Hall–Kier alpha value is -3.54. The topological polar surface area (TPSA) is 133 Å². The lowest BCUT2D eigenvalue weighted by Crippen LogP contribution is -2.41. The molecule has 3 aromatic rings. The molecule has 1 atom stereocenters. The van der Waals surface area contributed by atoms with Crippen LogP contribution in [-0.4, -0.2) is 32.2 Å². The molecule has 3 rings (SSSR count). The maximum Gasteiger partial charge on any atom is 0.265 e. The average Bonchev–Trinajstić information content (AvgIpc) is 3.29. The zero-order chi connectivity index (χ0) is 24.0. The van der Waals surface area contributed by atoms with E-state index in [1.54, 1.807) is 41.8 Å². The van der Waals surface area contributed by atoms with E-state index in [1.807, 2.05) is 0 Å². The van der Waals surface area contributed by atoms with Crippen molar-refractivity contribution in [3.63, 3.8) is 0 Å². The lowest BCUT2D eigenvalue weighted by Gasteiger charge is -2.15. The van der Waals surface area contributed by atoms with E-state index in [-0.39, 0.29) is 16.7 Å². The first-order valence-corrected chi connectivity index (χ1v) is 12.2. The number of sulfonamides is 1. The Morgan fingerprint density at radius 3 is 2.12 bits per heavy atom. The molecule has 9 nitrogen and oxygen atoms in total. The summed E-state index contributed by atoms with van der Waals surface area (Å²) in [5, 5.41) is 9.73. The van der Waals surface area contributed by atoms with Gasteiger partial charge in [-0.1, -0.05) is 12.1 Å². The second-order valence-electron chi connectivity index (χ2n) is 7.05. The second kappa shape index (κ2) is 10.4. The van der Waals surface area contributed by atoms with Crippen molar-refractivity contribution in [1.82, 2.24) is 4.72 Å². The van der Waals surface area contributed by atoms with E-state index >= 15 is 0 Å². The summed E-state index contributed by atoms with van der Waals surface area (Å²) in [6.45, 7) is 2.76. The predicted octanol–water partition coefficient (Wildman–Crippen LogP) is 3.26. The number of hydrogen-bond donors (Lipinski definition) is 4. The number of benzene rings is 2. The molecule has 0 aliphatic rings. The Morgan fingerprint density at radius 2 is 1.52 bits per heavy atom. The van der Waals surface area contributed by atoms with E-state index in [4.69, 9.17) is 0 Å². The van der Waals surface area contributed by atoms with Crippen LogP contribution < -0.4 is 20.7 Å². The summed E-state index contributed by atoms with van der Waals surface area (Å²) in [6.07, 6.45) is 0. The van der Waals surface area contributed by atoms with Gasteiger partial charge in [0.2, 0.25) is 21.8 Å². The third kappa shape index (κ3) is 6.72. The molecule has 0 unspecified atom stereocenters. The zero-order valence-corrected chi connectivity index (χ0v) is 19.4. The van der Waals surface area contributed by atoms with Crippen LogP contribution in [0, 0.1) is 0 Å². The Balaban J connectivity index is 1.62. The largest absolute Gasteiger partial charge is 0.326 e. The first-order chi connectivity index (χ1) is 15.6. The lowest BCUT2D eigenvalue weighted by atomic mass is 10.2. The van der Waals surface area contributed by atoms with E-state index in [2.05, 4.69) is 20.7 Å². The van der Waals surface area contributed by atoms with Gasteiger partial charge in [-0.05, 0) is 60.8 Å². The molecular formula is C22H22N4O5S2. The van der Waals surface area contributed by atoms with Gasteiger partial charge in [0.15, 0.2) is 0 Å². The van der Waals surface area contributed by atoms with E-state index in [1.165, 1.54) is 49.4 Å². The summed E-state index contributed by atoms with van der Waals surface area (Å²) >= 11 is 1.31. The van der Waals surface area contributed by atoms with Crippen LogP contribution in [0.1, 0.15) is 23.5 Å². The van der Waals surface area contributed by atoms with Crippen molar-refractivity contribution in [1.29, 1.82) is 0 Å². The van der Waals surface area contributed by atoms with Crippen LogP contribution in [-0.2, 0) is 19.6 Å². The smallest absolute Gasteiger partial charge is 0.265 e. The Bertz CT molecular complexity index is 1260. The molecule has 0 bridgehead atoms. The Labute approximate surface area is 195 Å². The van der Waals surface area contributed by atoms with Crippen LogP contribution in [0.2, 0.25) is 0 Å². The van der Waals surface area contributed by atoms with Gasteiger partial charge in [0.05, 0.1) is 15.8 Å². The van der Waals surface area contributed by atoms with Crippen LogP contribution in [0.5, 0.6) is 0 Å². The number of thiophene rings is 1. The molecule has 3 amide bonds. The van der Waals surface area contributed by atoms with Gasteiger partial charge >= 0.3 is 0 Å². The van der Waals surface area contributed by atoms with Gasteiger partial charge in [0.1, 0.15) is 0 Å². The van der Waals surface area contributed by atoms with Crippen molar-refractivity contribution in [2.75, 3.05) is 16.0 Å². The fraction of sp³-hybridized carbons (Fsp3) is 0.136. The standard InChI is InChI=1S/C22H22N4O5S2/c1-14(26-33(30,31)19-10-8-16(9-11-19)23-15(2)27)21(28)24-17-5-3-6-18(13-17)25-22(29)20-7-4-12-32-20/h3-14,26H,1-2H3,(H,23,27)(H,24,28)(H,25,29)/t14-/m0/s1. The molecule has 0 radical (unpaired) electrons. The highest BCUT2D eigenvalue weighted by molar-refractivity contribution is 7.89. The summed E-state index contributed by atoms with van der Waals surface area (Å²) in [4.78, 5) is 36.3. The maximum atomic E-state index is 12.6. The van der Waals surface area contributed by atoms with Crippen molar-refractivity contribution in [2.24, 2.45) is 0 Å². The first-order valence-electron chi connectivity index (χ1n) is 9.80. The van der Waals surface area contributed by atoms with Crippen molar-refractivity contribution in [2.45, 2.75) is 24.8 Å². The number of rotatable bonds is 8. The minimum atomic E-state index is -3.97. The number of carbonyl (C=O) groups is 3. The molecule has 0 saturated heterocycles. The van der Waals surface area contributed by atoms with E-state index in [0.717, 1.165) is 0 Å². The van der Waals surface area contributed by atoms with Crippen molar-refractivity contribution < 1.29 is 22.8 Å². The van der Waals surface area contributed by atoms with Gasteiger partial charge in [0, 0.05) is 24.0 Å². The van der Waals surface area contributed by atoms with E-state index in [9.17, 15) is 22.8 Å². The third-order valence-corrected chi connectivity index (χ3v) is 6.77. The zero-order valence-electron chi connectivity index (χ0n) is 17.8. The van der Waals surface area contributed by atoms with Gasteiger partial charge in [-0.15, -0.1) is 11.3 Å². The normalized spacial score (nSPS) is 11.9. The molecule has 0 spiro atoms. The molecule has 4 N–H and O–H groups in total. The molecule has 11 heteroatoms. The van der Waals surface area contributed by atoms with Crippen LogP contribution in [0.4, 0.5) is 17.1 Å². The van der Waals surface area contributed by atoms with Gasteiger partial charge in [0.25, 0.3) is 5.91 Å². The SMILES string of the molecule is CC(=O)Nc1ccc(S(=O)(=O)N[C@@H](C)C(=O)Nc2cccc(NC(=O)c3cccs3)c2)cc1. The monoisotopic (exact) mass is 486 g/mol. The lowest BCUT2D eigenvalue weighted by molar-refractivity contribution is -0.117. The molecule has 1 aromatic heterocycles. The van der Waals surface area contributed by atoms with Crippen molar-refractivity contribution in [3.05, 3.63) is 70.9 Å². The molecule has 172 valence electrons. The molecule has 0 aliphatic carbocycles. The van der Waals surface area contributed by atoms with Gasteiger partial charge in [-0.3, -0.25) is 14.4 Å². The van der Waals surface area contributed by atoms with Crippen LogP contribution in [0.25, 0.3) is 0 Å². The summed E-state index contributed by atoms with van der Waals surface area (Å²) in [5.74, 6) is -1.11. The Morgan fingerprint density at radius 1 is 0.848 bits per heavy atom. The highest BCUT2D eigenvalue weighted by Crippen LogP contribution is 2.18. The second-order valence-corrected chi connectivity index (χ2v) is 9.71. The minimum absolute atomic E-state index is 0.0467. The average molecular weight is 487 g/mol. The molecule has 0 aliphatic heterocycles. The number of amides is 3. The van der Waals surface area contributed by atoms with Crippen LogP contribution in [0.15, 0.2) is 70.9 Å². The summed E-state index contributed by atoms with van der Waals surface area (Å²) in [6, 6.07) is 14.5. The molecule has 33 heavy (non-hydrogen) atoms. The third-order valence-electron chi connectivity index (χ3n) is 4.34. The first kappa shape index (κ1) is 24.1. The molecule has 1 heterocycles. The van der Waals surface area contributed by atoms with Crippen LogP contribution >= 0.6 is 11.3 Å². The van der Waals surface area contributed by atoms with E-state index < -0.39 is 22.0 Å². The quantitative estimate of drug-likeness (QED) is 0.388. The minimum Gasteiger partial charge on any atom is -0.326 e. The van der Waals surface area contributed by atoms with Gasteiger partial charge in [-0.2, -0.15) is 4.72 Å². The molecular weight excluding hydrogens is 464 g/mol. The van der Waals surface area contributed by atoms with Crippen molar-refractivity contribution in [3.8, 4) is 0 Å². The number of nitrogens with one attached hydrogen (secondary N) is 4. The maximum absolute atomic E-state index is 12.6. The number of anilines is 3. The molecule has 0 saturated carbocycles.